The summed E-state index contributed by atoms with van der Waals surface area (Å²) < 4.78 is 13.8. The van der Waals surface area contributed by atoms with Crippen LogP contribution >= 0.6 is 0 Å². The molecule has 0 saturated carbocycles. The van der Waals surface area contributed by atoms with Gasteiger partial charge in [-0.2, -0.15) is 15.0 Å². The van der Waals surface area contributed by atoms with Crippen LogP contribution in [0.15, 0.2) is 47.6 Å². The second-order valence-electron chi connectivity index (χ2n) is 5.20. The SMILES string of the molecule is COc1cccc(/C=N/n2c(=N)n(CC#N)c3ccccc32)c1OC. The molecule has 0 aliphatic carbocycles. The van der Waals surface area contributed by atoms with E-state index in [4.69, 9.17) is 20.1 Å². The summed E-state index contributed by atoms with van der Waals surface area (Å²) in [6.45, 7) is 0.0876. The molecule has 3 aromatic rings. The number of fused-ring (bicyclic) bond motifs is 1. The molecule has 0 amide bonds. The van der Waals surface area contributed by atoms with Gasteiger partial charge < -0.3 is 9.47 Å². The Hall–Kier alpha value is -3.53. The van der Waals surface area contributed by atoms with E-state index in [-0.39, 0.29) is 12.2 Å². The van der Waals surface area contributed by atoms with E-state index in [2.05, 4.69) is 11.2 Å². The quantitative estimate of drug-likeness (QED) is 0.726. The number of benzene rings is 2. The second-order valence-corrected chi connectivity index (χ2v) is 5.20. The molecule has 1 heterocycles. The molecule has 0 spiro atoms. The summed E-state index contributed by atoms with van der Waals surface area (Å²) in [5.74, 6) is 1.18. The summed E-state index contributed by atoms with van der Waals surface area (Å²) in [5.41, 5.74) is 2.39. The Labute approximate surface area is 144 Å². The first kappa shape index (κ1) is 16.3. The van der Waals surface area contributed by atoms with Gasteiger partial charge in [0.15, 0.2) is 11.5 Å². The van der Waals surface area contributed by atoms with Gasteiger partial charge in [0.05, 0.1) is 37.5 Å². The molecule has 0 unspecified atom stereocenters. The molecule has 126 valence electrons. The zero-order chi connectivity index (χ0) is 17.8. The molecule has 0 bridgehead atoms. The third-order valence-electron chi connectivity index (χ3n) is 3.83. The normalized spacial score (nSPS) is 10.9. The van der Waals surface area contributed by atoms with Gasteiger partial charge in [0.2, 0.25) is 5.62 Å². The molecule has 0 fully saturated rings. The van der Waals surface area contributed by atoms with E-state index in [1.54, 1.807) is 31.1 Å². The van der Waals surface area contributed by atoms with Crippen molar-refractivity contribution < 1.29 is 9.47 Å². The first-order valence-electron chi connectivity index (χ1n) is 7.58. The molecular formula is C18H17N5O2. The van der Waals surface area contributed by atoms with Crippen LogP contribution in [0.25, 0.3) is 11.0 Å². The lowest BCUT2D eigenvalue weighted by atomic mass is 10.2. The van der Waals surface area contributed by atoms with Crippen LogP contribution < -0.4 is 15.1 Å². The van der Waals surface area contributed by atoms with Gasteiger partial charge in [-0.1, -0.05) is 18.2 Å². The highest BCUT2D eigenvalue weighted by molar-refractivity contribution is 5.85. The Morgan fingerprint density at radius 3 is 2.56 bits per heavy atom. The van der Waals surface area contributed by atoms with E-state index >= 15 is 0 Å². The van der Waals surface area contributed by atoms with Crippen LogP contribution in [0, 0.1) is 16.7 Å². The maximum absolute atomic E-state index is 9.01. The van der Waals surface area contributed by atoms with Crippen LogP contribution in [-0.2, 0) is 6.54 Å². The average Bonchev–Trinajstić information content (AvgIpc) is 2.91. The molecule has 0 atom stereocenters. The van der Waals surface area contributed by atoms with E-state index in [9.17, 15) is 0 Å². The Kier molecular flexibility index (Phi) is 4.53. The number of imidazole rings is 1. The highest BCUT2D eigenvalue weighted by Crippen LogP contribution is 2.29. The number of aromatic nitrogens is 2. The number of nitriles is 1. The molecule has 25 heavy (non-hydrogen) atoms. The summed E-state index contributed by atoms with van der Waals surface area (Å²) in [5, 5.41) is 21.8. The van der Waals surface area contributed by atoms with Gasteiger partial charge in [0.1, 0.15) is 6.54 Å². The van der Waals surface area contributed by atoms with Gasteiger partial charge in [-0.25, -0.2) is 0 Å². The maximum Gasteiger partial charge on any atom is 0.225 e. The fraction of sp³-hybridized carbons (Fsp3) is 0.167. The number of nitrogens with zero attached hydrogens (tertiary/aromatic N) is 4. The number of hydrogen-bond donors (Lipinski definition) is 1. The van der Waals surface area contributed by atoms with Crippen molar-refractivity contribution in [2.75, 3.05) is 14.2 Å². The van der Waals surface area contributed by atoms with E-state index < -0.39 is 0 Å². The third-order valence-corrected chi connectivity index (χ3v) is 3.83. The molecule has 0 aliphatic rings. The van der Waals surface area contributed by atoms with Gasteiger partial charge in [-0.3, -0.25) is 9.98 Å². The van der Waals surface area contributed by atoms with Crippen molar-refractivity contribution in [3.05, 3.63) is 53.6 Å². The number of ether oxygens (including phenoxy) is 2. The zero-order valence-corrected chi connectivity index (χ0v) is 13.9. The van der Waals surface area contributed by atoms with Crippen molar-refractivity contribution in [3.63, 3.8) is 0 Å². The minimum absolute atomic E-state index is 0.0876. The van der Waals surface area contributed by atoms with E-state index in [1.165, 1.54) is 4.68 Å². The molecule has 7 heteroatoms. The van der Waals surface area contributed by atoms with Gasteiger partial charge in [0, 0.05) is 5.56 Å². The van der Waals surface area contributed by atoms with Gasteiger partial charge in [-0.15, -0.1) is 0 Å². The number of nitrogens with one attached hydrogen (secondary N) is 1. The van der Waals surface area contributed by atoms with Crippen molar-refractivity contribution in [1.29, 1.82) is 10.7 Å². The number of para-hydroxylation sites is 3. The van der Waals surface area contributed by atoms with E-state index in [1.807, 2.05) is 36.4 Å². The van der Waals surface area contributed by atoms with Crippen LogP contribution in [-0.4, -0.2) is 29.7 Å². The highest BCUT2D eigenvalue weighted by atomic mass is 16.5. The summed E-state index contributed by atoms with van der Waals surface area (Å²) in [7, 11) is 3.14. The Balaban J connectivity index is 2.14. The maximum atomic E-state index is 9.01. The van der Waals surface area contributed by atoms with Gasteiger partial charge >= 0.3 is 0 Å². The molecule has 3 rings (SSSR count). The topological polar surface area (TPSA) is 88.3 Å². The summed E-state index contributed by atoms with van der Waals surface area (Å²) >= 11 is 0. The van der Waals surface area contributed by atoms with E-state index in [0.717, 1.165) is 16.6 Å². The highest BCUT2D eigenvalue weighted by Gasteiger charge is 2.11. The van der Waals surface area contributed by atoms with Crippen molar-refractivity contribution in [3.8, 4) is 17.6 Å². The lowest BCUT2D eigenvalue weighted by Crippen LogP contribution is -2.22. The standard InChI is InChI=1S/C18H17N5O2/c1-24-16-9-5-6-13(17(16)25-2)12-21-23-15-8-4-3-7-14(15)22(11-10-19)18(23)20/h3-9,12,20H,11H2,1-2H3/b20-18?,21-12+. The molecule has 1 N–H and O–H groups in total. The first-order valence-corrected chi connectivity index (χ1v) is 7.58. The number of rotatable bonds is 5. The predicted molar refractivity (Wildman–Crippen MR) is 93.9 cm³/mol. The minimum Gasteiger partial charge on any atom is -0.493 e. The van der Waals surface area contributed by atoms with Crippen molar-refractivity contribution >= 4 is 17.2 Å². The van der Waals surface area contributed by atoms with Gasteiger partial charge in [0.25, 0.3) is 0 Å². The van der Waals surface area contributed by atoms with Crippen LogP contribution in [0.1, 0.15) is 5.56 Å². The van der Waals surface area contributed by atoms with Crippen LogP contribution in [0.5, 0.6) is 11.5 Å². The molecular weight excluding hydrogens is 318 g/mol. The third kappa shape index (κ3) is 2.85. The fourth-order valence-electron chi connectivity index (χ4n) is 2.70. The fourth-order valence-corrected chi connectivity index (χ4v) is 2.70. The number of hydrogen-bond acceptors (Lipinski definition) is 5. The molecule has 0 aliphatic heterocycles. The van der Waals surface area contributed by atoms with Gasteiger partial charge in [-0.05, 0) is 24.3 Å². The minimum atomic E-state index is 0.0876. The van der Waals surface area contributed by atoms with Crippen molar-refractivity contribution in [2.45, 2.75) is 6.54 Å². The number of methoxy groups -OCH3 is 2. The molecule has 7 nitrogen and oxygen atoms in total. The second kappa shape index (κ2) is 6.93. The average molecular weight is 335 g/mol. The van der Waals surface area contributed by atoms with Crippen LogP contribution in [0.4, 0.5) is 0 Å². The largest absolute Gasteiger partial charge is 0.493 e. The van der Waals surface area contributed by atoms with E-state index in [0.29, 0.717) is 11.5 Å². The summed E-state index contributed by atoms with van der Waals surface area (Å²) in [6, 6.07) is 15.0. The smallest absolute Gasteiger partial charge is 0.225 e. The molecule has 0 radical (unpaired) electrons. The summed E-state index contributed by atoms with van der Waals surface area (Å²) in [6.07, 6.45) is 1.61. The summed E-state index contributed by atoms with van der Waals surface area (Å²) in [4.78, 5) is 0. The Morgan fingerprint density at radius 2 is 1.88 bits per heavy atom. The monoisotopic (exact) mass is 335 g/mol. The van der Waals surface area contributed by atoms with Crippen molar-refractivity contribution in [1.82, 2.24) is 9.24 Å². The van der Waals surface area contributed by atoms with Crippen LogP contribution in [0.2, 0.25) is 0 Å². The Morgan fingerprint density at radius 1 is 1.12 bits per heavy atom. The molecule has 1 aromatic heterocycles. The molecule has 0 saturated heterocycles. The predicted octanol–water partition coefficient (Wildman–Crippen LogP) is 2.35. The van der Waals surface area contributed by atoms with Crippen LogP contribution in [0.3, 0.4) is 0 Å². The zero-order valence-electron chi connectivity index (χ0n) is 13.9. The molecule has 2 aromatic carbocycles. The lowest BCUT2D eigenvalue weighted by molar-refractivity contribution is 0.354. The van der Waals surface area contributed by atoms with Crippen molar-refractivity contribution in [2.24, 2.45) is 5.10 Å². The first-order chi connectivity index (χ1) is 12.2. The Bertz CT molecular complexity index is 1040. The lowest BCUT2D eigenvalue weighted by Gasteiger charge is -2.09.